The maximum absolute atomic E-state index is 14.1. The number of nitrogens with one attached hydrogen (secondary N) is 2. The molecule has 4 aliphatic rings. The van der Waals surface area contributed by atoms with Crippen molar-refractivity contribution < 1.29 is 55.5 Å². The quantitative estimate of drug-likeness (QED) is 0.110. The Morgan fingerprint density at radius 1 is 0.931 bits per heavy atom. The number of piperidine rings is 3. The van der Waals surface area contributed by atoms with E-state index in [1.165, 1.54) is 55.9 Å². The van der Waals surface area contributed by atoms with Gasteiger partial charge in [-0.1, -0.05) is 47.5 Å². The molecule has 1 aliphatic carbocycles. The summed E-state index contributed by atoms with van der Waals surface area (Å²) in [7, 11) is -3.03. The monoisotopic (exact) mass is 860 g/mol. The number of ether oxygens (including phenoxy) is 5. The topological polar surface area (TPSA) is 144 Å². The number of aromatic amines is 1. The second-order valence-electron chi connectivity index (χ2n) is 14.5. The average Bonchev–Trinajstić information content (AvgIpc) is 4.05. The Hall–Kier alpha value is -4.54. The Balaban J connectivity index is 1.16. The first kappa shape index (κ1) is 41.6. The number of fused-ring (bicyclic) bond motifs is 3. The highest BCUT2D eigenvalue weighted by Crippen LogP contribution is 2.38. The summed E-state index contributed by atoms with van der Waals surface area (Å²) in [6.07, 6.45) is 5.10. The molecule has 4 aromatic rings. The number of esters is 2. The standard InChI is InChI=1S/C41H41Cl2F2N3O9S/c1-53-29-6-2-4-27(16-29)38(40(50)56-37-22-48-14-12-25(37)13-15-48)47-58(51,52)30-7-3-5-28(17-30)39(49)55-35(19-31-32(42)20-46-21-33(31)43)26-10-11-34(57-41(44)45)36(18-26)54-23-24-8-9-24/h2-7,10-11,16-18,20-21,24-25,35,37-38,41,47H,8-9,12-15,19,22-23H2,1H3/p+1/t35-,37-,38?/m0/s1. The van der Waals surface area contributed by atoms with Crippen molar-refractivity contribution in [2.24, 2.45) is 11.8 Å². The number of aromatic nitrogens is 1. The molecule has 58 heavy (non-hydrogen) atoms. The van der Waals surface area contributed by atoms with Gasteiger partial charge in [0.1, 0.15) is 34.0 Å². The summed E-state index contributed by atoms with van der Waals surface area (Å²) in [5, 5.41) is 0.487. The van der Waals surface area contributed by atoms with E-state index in [1.807, 2.05) is 0 Å². The highest BCUT2D eigenvalue weighted by atomic mass is 35.5. The van der Waals surface area contributed by atoms with Crippen LogP contribution in [0.15, 0.2) is 84.0 Å². The summed E-state index contributed by atoms with van der Waals surface area (Å²) in [5.74, 6) is -0.978. The number of methoxy groups -OCH3 is 1. The molecule has 4 fully saturated rings. The molecule has 17 heteroatoms. The van der Waals surface area contributed by atoms with Gasteiger partial charge in [0.2, 0.25) is 10.0 Å². The Kier molecular flexibility index (Phi) is 13.0. The fourth-order valence-corrected chi connectivity index (χ4v) is 8.90. The number of hydrogen-bond donors (Lipinski definition) is 1. The van der Waals surface area contributed by atoms with Gasteiger partial charge in [-0.3, -0.25) is 4.90 Å². The van der Waals surface area contributed by atoms with E-state index < -0.39 is 40.7 Å². The smallest absolute Gasteiger partial charge is 0.387 e. The molecule has 3 aromatic carbocycles. The van der Waals surface area contributed by atoms with Gasteiger partial charge in [0.15, 0.2) is 23.9 Å². The van der Waals surface area contributed by atoms with Gasteiger partial charge in [0, 0.05) is 18.5 Å². The molecule has 308 valence electrons. The lowest BCUT2D eigenvalue weighted by atomic mass is 9.86. The van der Waals surface area contributed by atoms with Crippen LogP contribution in [0, 0.1) is 11.8 Å². The number of alkyl halides is 2. The highest BCUT2D eigenvalue weighted by molar-refractivity contribution is 7.89. The van der Waals surface area contributed by atoms with E-state index in [9.17, 15) is 26.8 Å². The van der Waals surface area contributed by atoms with Gasteiger partial charge in [-0.2, -0.15) is 13.5 Å². The molecule has 3 aliphatic heterocycles. The molecule has 1 saturated carbocycles. The van der Waals surface area contributed by atoms with Crippen molar-refractivity contribution in [2.75, 3.05) is 33.4 Å². The fourth-order valence-electron chi connectivity index (χ4n) is 7.15. The first-order chi connectivity index (χ1) is 27.9. The number of rotatable bonds is 17. The van der Waals surface area contributed by atoms with Crippen molar-refractivity contribution in [1.29, 1.82) is 0 Å². The summed E-state index contributed by atoms with van der Waals surface area (Å²) in [4.78, 5) is 32.5. The number of benzene rings is 3. The van der Waals surface area contributed by atoms with Crippen molar-refractivity contribution in [3.05, 3.63) is 111 Å². The number of carbonyl (C=O) groups is 2. The molecular formula is C41H42Cl2F2N3O9S+. The van der Waals surface area contributed by atoms with Crippen LogP contribution in [0.4, 0.5) is 8.78 Å². The Labute approximate surface area is 344 Å². The number of H-pyrrole nitrogens is 1. The van der Waals surface area contributed by atoms with Gasteiger partial charge in [0.25, 0.3) is 0 Å². The van der Waals surface area contributed by atoms with E-state index in [0.717, 1.165) is 44.8 Å². The minimum Gasteiger partial charge on any atom is -0.497 e. The number of sulfonamides is 1. The summed E-state index contributed by atoms with van der Waals surface area (Å²) in [6.45, 7) is -0.404. The van der Waals surface area contributed by atoms with Crippen LogP contribution in [0.5, 0.6) is 17.2 Å². The van der Waals surface area contributed by atoms with Crippen LogP contribution in [0.1, 0.15) is 64.9 Å². The Morgan fingerprint density at radius 3 is 2.34 bits per heavy atom. The van der Waals surface area contributed by atoms with E-state index in [0.29, 0.717) is 29.0 Å². The van der Waals surface area contributed by atoms with Crippen molar-refractivity contribution in [3.8, 4) is 17.2 Å². The lowest BCUT2D eigenvalue weighted by Gasteiger charge is -2.44. The van der Waals surface area contributed by atoms with Crippen molar-refractivity contribution >= 4 is 45.2 Å². The van der Waals surface area contributed by atoms with Crippen LogP contribution in [-0.4, -0.2) is 71.3 Å². The maximum Gasteiger partial charge on any atom is 0.387 e. The number of halogens is 4. The third-order valence-electron chi connectivity index (χ3n) is 10.5. The molecule has 1 unspecified atom stereocenters. The highest BCUT2D eigenvalue weighted by Gasteiger charge is 2.39. The van der Waals surface area contributed by atoms with E-state index in [2.05, 4.69) is 14.6 Å². The second-order valence-corrected chi connectivity index (χ2v) is 17.1. The van der Waals surface area contributed by atoms with Gasteiger partial charge < -0.3 is 23.7 Å². The normalized spacial score (nSPS) is 19.9. The zero-order chi connectivity index (χ0) is 41.0. The molecule has 2 N–H and O–H groups in total. The molecule has 8 rings (SSSR count). The second kappa shape index (κ2) is 18.2. The van der Waals surface area contributed by atoms with E-state index in [1.54, 1.807) is 24.3 Å². The van der Waals surface area contributed by atoms with Gasteiger partial charge in [0.05, 0.1) is 24.2 Å². The predicted molar refractivity (Wildman–Crippen MR) is 208 cm³/mol. The van der Waals surface area contributed by atoms with Crippen molar-refractivity contribution in [2.45, 2.75) is 61.9 Å². The van der Waals surface area contributed by atoms with Crippen LogP contribution < -0.4 is 23.9 Å². The zero-order valence-electron chi connectivity index (χ0n) is 31.4. The summed E-state index contributed by atoms with van der Waals surface area (Å²) >= 11 is 13.0. The van der Waals surface area contributed by atoms with E-state index >= 15 is 0 Å². The molecular weight excluding hydrogens is 819 g/mol. The van der Waals surface area contributed by atoms with Crippen molar-refractivity contribution in [3.63, 3.8) is 0 Å². The molecule has 12 nitrogen and oxygen atoms in total. The van der Waals surface area contributed by atoms with Gasteiger partial charge >= 0.3 is 18.6 Å². The maximum atomic E-state index is 14.1. The fraction of sp³-hybridized carbons (Fsp3) is 0.390. The Bertz CT molecular complexity index is 2220. The Morgan fingerprint density at radius 2 is 1.67 bits per heavy atom. The number of carbonyl (C=O) groups excluding carboxylic acids is 2. The van der Waals surface area contributed by atoms with Crippen LogP contribution in [0.2, 0.25) is 10.0 Å². The minimum absolute atomic E-state index is 0.0288. The molecule has 1 aromatic heterocycles. The van der Waals surface area contributed by atoms with E-state index in [-0.39, 0.29) is 63.0 Å². The SMILES string of the molecule is COc1cccc(C(NS(=O)(=O)c2cccc(C(=O)O[C@@H](Cc3c(Cl)c[nH+]cc3Cl)c3ccc(OC(F)F)c(OCC4CC4)c3)c2)C(=O)O[C@H]2CN3CCC2CC3)c1. The average molecular weight is 862 g/mol. The molecule has 3 saturated heterocycles. The molecule has 0 radical (unpaired) electrons. The molecule has 2 bridgehead atoms. The van der Waals surface area contributed by atoms with Gasteiger partial charge in [-0.25, -0.2) is 23.0 Å². The summed E-state index contributed by atoms with van der Waals surface area (Å²) in [5.41, 5.74) is 0.923. The largest absolute Gasteiger partial charge is 0.497 e. The molecule has 0 amide bonds. The summed E-state index contributed by atoms with van der Waals surface area (Å²) < 4.78 is 85.2. The van der Waals surface area contributed by atoms with Crippen LogP contribution >= 0.6 is 23.2 Å². The lowest BCUT2D eigenvalue weighted by Crippen LogP contribution is -2.52. The van der Waals surface area contributed by atoms with Gasteiger partial charge in [-0.15, -0.1) is 0 Å². The van der Waals surface area contributed by atoms with Gasteiger partial charge in [-0.05, 0) is 104 Å². The van der Waals surface area contributed by atoms with E-state index in [4.69, 9.17) is 46.9 Å². The number of pyridine rings is 1. The third-order valence-corrected chi connectivity index (χ3v) is 12.6. The first-order valence-electron chi connectivity index (χ1n) is 18.8. The molecule has 4 heterocycles. The van der Waals surface area contributed by atoms with Crippen LogP contribution in [-0.2, 0) is 30.7 Å². The summed E-state index contributed by atoms with van der Waals surface area (Å²) in [6, 6.07) is 14.4. The third kappa shape index (κ3) is 10.2. The first-order valence-corrected chi connectivity index (χ1v) is 21.1. The van der Waals surface area contributed by atoms with Crippen LogP contribution in [0.3, 0.4) is 0 Å². The van der Waals surface area contributed by atoms with Crippen molar-refractivity contribution in [1.82, 2.24) is 9.62 Å². The number of nitrogens with zero attached hydrogens (tertiary/aromatic N) is 1. The molecule has 3 atom stereocenters. The lowest BCUT2D eigenvalue weighted by molar-refractivity contribution is -0.377. The van der Waals surface area contributed by atoms with Crippen LogP contribution in [0.25, 0.3) is 0 Å². The minimum atomic E-state index is -4.49. The zero-order valence-corrected chi connectivity index (χ0v) is 33.7. The molecule has 0 spiro atoms. The number of hydrogen-bond acceptors (Lipinski definition) is 10. The predicted octanol–water partition coefficient (Wildman–Crippen LogP) is 7.00.